The fourth-order valence-corrected chi connectivity index (χ4v) is 3.86. The Morgan fingerprint density at radius 1 is 1.35 bits per heavy atom. The van der Waals surface area contributed by atoms with Crippen LogP contribution in [0.3, 0.4) is 0 Å². The second-order valence-corrected chi connectivity index (χ2v) is 7.02. The molecule has 1 saturated heterocycles. The number of carbonyl (C=O) groups excluding carboxylic acids is 1. The number of nitrogens with one attached hydrogen (secondary N) is 2. The van der Waals surface area contributed by atoms with Crippen LogP contribution < -0.4 is 10.6 Å². The average Bonchev–Trinajstić information content (AvgIpc) is 2.37. The number of anilines is 2. The lowest BCUT2D eigenvalue weighted by Crippen LogP contribution is -2.34. The third-order valence-corrected chi connectivity index (χ3v) is 4.95. The number of amides is 1. The second kappa shape index (κ2) is 6.13. The van der Waals surface area contributed by atoms with E-state index in [4.69, 9.17) is 0 Å². The molecule has 1 fully saturated rings. The topological polar surface area (TPSA) is 84.5 Å². The van der Waals surface area contributed by atoms with Crippen LogP contribution in [0.25, 0.3) is 0 Å². The number of hydrogen-bond acceptors (Lipinski definition) is 5. The van der Waals surface area contributed by atoms with Crippen molar-refractivity contribution < 1.29 is 17.9 Å². The molecule has 1 unspecified atom stereocenters. The van der Waals surface area contributed by atoms with Gasteiger partial charge in [0, 0.05) is 17.4 Å². The molecule has 0 aromatic heterocycles. The van der Waals surface area contributed by atoms with Crippen LogP contribution in [-0.4, -0.2) is 39.2 Å². The number of carbonyl (C=O) groups is 1. The Balaban J connectivity index is 2.02. The first-order chi connectivity index (χ1) is 9.48. The Morgan fingerprint density at radius 2 is 2.10 bits per heavy atom. The summed E-state index contributed by atoms with van der Waals surface area (Å²) in [6, 6.07) is 7.02. The van der Waals surface area contributed by atoms with E-state index in [1.54, 1.807) is 18.2 Å². The Hall–Kier alpha value is -1.76. The Bertz CT molecular complexity index is 586. The molecule has 110 valence electrons. The van der Waals surface area contributed by atoms with Gasteiger partial charge in [0.15, 0.2) is 9.84 Å². The number of sulfone groups is 1. The van der Waals surface area contributed by atoms with Crippen molar-refractivity contribution in [3.8, 4) is 0 Å². The van der Waals surface area contributed by atoms with Crippen molar-refractivity contribution in [3.63, 3.8) is 0 Å². The molecule has 1 amide bonds. The normalized spacial score (nSPS) is 20.9. The summed E-state index contributed by atoms with van der Waals surface area (Å²) in [7, 11) is -1.64. The van der Waals surface area contributed by atoms with E-state index in [0.29, 0.717) is 12.1 Å². The molecule has 1 atom stereocenters. The van der Waals surface area contributed by atoms with Crippen molar-refractivity contribution in [3.05, 3.63) is 24.3 Å². The van der Waals surface area contributed by atoms with Crippen LogP contribution in [0.1, 0.15) is 12.8 Å². The van der Waals surface area contributed by atoms with E-state index in [1.165, 1.54) is 7.11 Å². The number of rotatable bonds is 3. The van der Waals surface area contributed by atoms with Gasteiger partial charge in [-0.3, -0.25) is 5.32 Å². The van der Waals surface area contributed by atoms with Crippen LogP contribution in [0.5, 0.6) is 0 Å². The molecule has 20 heavy (non-hydrogen) atoms. The molecule has 2 rings (SSSR count). The van der Waals surface area contributed by atoms with Crippen molar-refractivity contribution in [2.24, 2.45) is 0 Å². The molecule has 0 bridgehead atoms. The van der Waals surface area contributed by atoms with Gasteiger partial charge in [-0.25, -0.2) is 13.2 Å². The molecule has 1 aromatic carbocycles. The maximum Gasteiger partial charge on any atom is 0.411 e. The maximum absolute atomic E-state index is 11.6. The number of hydrogen-bond donors (Lipinski definition) is 2. The molecule has 2 N–H and O–H groups in total. The highest BCUT2D eigenvalue weighted by atomic mass is 32.2. The molecule has 0 radical (unpaired) electrons. The van der Waals surface area contributed by atoms with Gasteiger partial charge in [-0.15, -0.1) is 0 Å². The maximum atomic E-state index is 11.6. The SMILES string of the molecule is COC(=O)Nc1cccc(NC2CCCS(=O)(=O)C2)c1. The van der Waals surface area contributed by atoms with Gasteiger partial charge in [-0.1, -0.05) is 6.07 Å². The standard InChI is InChI=1S/C13H18N2O4S/c1-19-13(16)15-11-5-2-4-10(8-11)14-12-6-3-7-20(17,18)9-12/h2,4-5,8,12,14H,3,6-7,9H2,1H3,(H,15,16). The zero-order valence-corrected chi connectivity index (χ0v) is 12.1. The van der Waals surface area contributed by atoms with E-state index in [0.717, 1.165) is 12.1 Å². The highest BCUT2D eigenvalue weighted by Gasteiger charge is 2.24. The van der Waals surface area contributed by atoms with Crippen LogP contribution in [0, 0.1) is 0 Å². The lowest BCUT2D eigenvalue weighted by atomic mass is 10.1. The summed E-state index contributed by atoms with van der Waals surface area (Å²) in [5.74, 6) is 0.427. The van der Waals surface area contributed by atoms with E-state index in [1.807, 2.05) is 6.07 Å². The van der Waals surface area contributed by atoms with Gasteiger partial charge in [0.2, 0.25) is 0 Å². The molecule has 1 heterocycles. The van der Waals surface area contributed by atoms with Crippen LogP contribution >= 0.6 is 0 Å². The van der Waals surface area contributed by atoms with E-state index >= 15 is 0 Å². The Kier molecular flexibility index (Phi) is 4.49. The minimum absolute atomic E-state index is 0.0814. The van der Waals surface area contributed by atoms with Crippen LogP contribution in [0.4, 0.5) is 16.2 Å². The van der Waals surface area contributed by atoms with Crippen LogP contribution in [0.15, 0.2) is 24.3 Å². The summed E-state index contributed by atoms with van der Waals surface area (Å²) in [4.78, 5) is 11.1. The fourth-order valence-electron chi connectivity index (χ4n) is 2.23. The van der Waals surface area contributed by atoms with Crippen LogP contribution in [0.2, 0.25) is 0 Å². The third kappa shape index (κ3) is 4.12. The van der Waals surface area contributed by atoms with Gasteiger partial charge in [0.25, 0.3) is 0 Å². The van der Waals surface area contributed by atoms with E-state index in [9.17, 15) is 13.2 Å². The highest BCUT2D eigenvalue weighted by Crippen LogP contribution is 2.20. The molecule has 1 aliphatic rings. The van der Waals surface area contributed by atoms with Gasteiger partial charge >= 0.3 is 6.09 Å². The lowest BCUT2D eigenvalue weighted by Gasteiger charge is -2.24. The number of ether oxygens (including phenoxy) is 1. The third-order valence-electron chi connectivity index (χ3n) is 3.13. The van der Waals surface area contributed by atoms with Crippen molar-refractivity contribution >= 4 is 27.3 Å². The van der Waals surface area contributed by atoms with Gasteiger partial charge in [0.1, 0.15) is 0 Å². The predicted molar refractivity (Wildman–Crippen MR) is 77.8 cm³/mol. The molecule has 7 heteroatoms. The van der Waals surface area contributed by atoms with E-state index in [-0.39, 0.29) is 17.5 Å². The number of benzene rings is 1. The molecule has 1 aromatic rings. The van der Waals surface area contributed by atoms with E-state index < -0.39 is 15.9 Å². The molecule has 0 spiro atoms. The zero-order chi connectivity index (χ0) is 14.6. The molecule has 1 aliphatic heterocycles. The quantitative estimate of drug-likeness (QED) is 0.889. The first kappa shape index (κ1) is 14.6. The first-order valence-electron chi connectivity index (χ1n) is 6.40. The van der Waals surface area contributed by atoms with Crippen molar-refractivity contribution in [2.45, 2.75) is 18.9 Å². The summed E-state index contributed by atoms with van der Waals surface area (Å²) in [5.41, 5.74) is 1.38. The molecule has 6 nitrogen and oxygen atoms in total. The van der Waals surface area contributed by atoms with Gasteiger partial charge in [-0.05, 0) is 31.0 Å². The van der Waals surface area contributed by atoms with Crippen molar-refractivity contribution in [1.29, 1.82) is 0 Å². The summed E-state index contributed by atoms with van der Waals surface area (Å²) in [5, 5.41) is 5.76. The molecular formula is C13H18N2O4S. The predicted octanol–water partition coefficient (Wildman–Crippen LogP) is 1.85. The van der Waals surface area contributed by atoms with E-state index in [2.05, 4.69) is 15.4 Å². The minimum atomic E-state index is -2.94. The Labute approximate surface area is 118 Å². The highest BCUT2D eigenvalue weighted by molar-refractivity contribution is 7.91. The van der Waals surface area contributed by atoms with Crippen molar-refractivity contribution in [2.75, 3.05) is 29.2 Å². The van der Waals surface area contributed by atoms with Gasteiger partial charge in [0.05, 0.1) is 18.6 Å². The second-order valence-electron chi connectivity index (χ2n) is 4.80. The largest absolute Gasteiger partial charge is 0.453 e. The monoisotopic (exact) mass is 298 g/mol. The first-order valence-corrected chi connectivity index (χ1v) is 8.23. The molecule has 0 aliphatic carbocycles. The smallest absolute Gasteiger partial charge is 0.411 e. The minimum Gasteiger partial charge on any atom is -0.453 e. The summed E-state index contributed by atoms with van der Waals surface area (Å²) < 4.78 is 27.7. The van der Waals surface area contributed by atoms with Gasteiger partial charge in [-0.2, -0.15) is 0 Å². The van der Waals surface area contributed by atoms with Crippen LogP contribution in [-0.2, 0) is 14.6 Å². The summed E-state index contributed by atoms with van der Waals surface area (Å²) >= 11 is 0. The van der Waals surface area contributed by atoms with Gasteiger partial charge < -0.3 is 10.1 Å². The summed E-state index contributed by atoms with van der Waals surface area (Å²) in [6.45, 7) is 0. The fraction of sp³-hybridized carbons (Fsp3) is 0.462. The molecular weight excluding hydrogens is 280 g/mol. The summed E-state index contributed by atoms with van der Waals surface area (Å²) in [6.07, 6.45) is 0.968. The lowest BCUT2D eigenvalue weighted by molar-refractivity contribution is 0.187. The van der Waals surface area contributed by atoms with Crippen molar-refractivity contribution in [1.82, 2.24) is 0 Å². The average molecular weight is 298 g/mol. The Morgan fingerprint density at radius 3 is 2.80 bits per heavy atom. The number of methoxy groups -OCH3 is 1. The molecule has 0 saturated carbocycles. The zero-order valence-electron chi connectivity index (χ0n) is 11.3.